The Labute approximate surface area is 226 Å². The van der Waals surface area contributed by atoms with Gasteiger partial charge in [0.1, 0.15) is 11.6 Å². The molecule has 5 rings (SSSR count). The second-order valence-electron chi connectivity index (χ2n) is 9.09. The summed E-state index contributed by atoms with van der Waals surface area (Å²) in [5.74, 6) is 0.149. The standard InChI is InChI=1S/C32H26N6O/c1-22-8-6-12-27(18-22)38(28-13-7-9-23(2)19-28)26-16-14-24(15-17-26)21-34-37-32-35-30(25-10-4-3-5-11-25)29(20-33)31(39)36-32/h3-19,21H,1-2H3,(H2,35,36,37,39). The van der Waals surface area contributed by atoms with Crippen LogP contribution < -0.4 is 15.9 Å². The number of aromatic amines is 1. The number of nitriles is 1. The molecule has 0 radical (unpaired) electrons. The van der Waals surface area contributed by atoms with Gasteiger partial charge in [-0.2, -0.15) is 10.4 Å². The Hall–Kier alpha value is -5.48. The first-order valence-corrected chi connectivity index (χ1v) is 12.4. The molecule has 4 aromatic carbocycles. The Morgan fingerprint density at radius 2 is 1.49 bits per heavy atom. The molecule has 0 saturated heterocycles. The highest BCUT2D eigenvalue weighted by Gasteiger charge is 2.14. The van der Waals surface area contributed by atoms with Gasteiger partial charge in [-0.1, -0.05) is 66.7 Å². The van der Waals surface area contributed by atoms with Crippen molar-refractivity contribution in [3.05, 3.63) is 136 Å². The molecule has 0 saturated carbocycles. The Kier molecular flexibility index (Phi) is 7.28. The number of aromatic nitrogens is 2. The van der Waals surface area contributed by atoms with Gasteiger partial charge in [-0.15, -0.1) is 0 Å². The Balaban J connectivity index is 1.39. The summed E-state index contributed by atoms with van der Waals surface area (Å²) in [6.45, 7) is 4.17. The average Bonchev–Trinajstić information content (AvgIpc) is 2.94. The lowest BCUT2D eigenvalue weighted by molar-refractivity contribution is 1.08. The van der Waals surface area contributed by atoms with Crippen molar-refractivity contribution in [3.8, 4) is 17.3 Å². The molecule has 1 heterocycles. The normalized spacial score (nSPS) is 10.8. The predicted octanol–water partition coefficient (Wildman–Crippen LogP) is 6.84. The maximum absolute atomic E-state index is 12.5. The smallest absolute Gasteiger partial charge is 0.270 e. The van der Waals surface area contributed by atoms with Crippen molar-refractivity contribution in [2.24, 2.45) is 5.10 Å². The third-order valence-corrected chi connectivity index (χ3v) is 6.13. The second kappa shape index (κ2) is 11.3. The first-order chi connectivity index (χ1) is 19.0. The van der Waals surface area contributed by atoms with E-state index in [1.54, 1.807) is 18.3 Å². The topological polar surface area (TPSA) is 97.2 Å². The van der Waals surface area contributed by atoms with Crippen molar-refractivity contribution < 1.29 is 0 Å². The van der Waals surface area contributed by atoms with Crippen LogP contribution in [-0.2, 0) is 0 Å². The molecule has 1 aromatic heterocycles. The van der Waals surface area contributed by atoms with Crippen LogP contribution in [0.1, 0.15) is 22.3 Å². The predicted molar refractivity (Wildman–Crippen MR) is 157 cm³/mol. The van der Waals surface area contributed by atoms with Gasteiger partial charge in [-0.05, 0) is 66.9 Å². The average molecular weight is 511 g/mol. The summed E-state index contributed by atoms with van der Waals surface area (Å²) in [6.07, 6.45) is 1.65. The number of H-pyrrole nitrogens is 1. The molecule has 5 aromatic rings. The monoisotopic (exact) mass is 510 g/mol. The molecule has 0 bridgehead atoms. The van der Waals surface area contributed by atoms with Gasteiger partial charge in [0, 0.05) is 22.6 Å². The summed E-state index contributed by atoms with van der Waals surface area (Å²) in [5, 5.41) is 13.7. The number of hydrogen-bond donors (Lipinski definition) is 2. The fourth-order valence-electron chi connectivity index (χ4n) is 4.29. The van der Waals surface area contributed by atoms with Crippen LogP contribution in [0.3, 0.4) is 0 Å². The molecule has 0 spiro atoms. The number of hydrazone groups is 1. The summed E-state index contributed by atoms with van der Waals surface area (Å²) in [4.78, 5) is 21.7. The highest BCUT2D eigenvalue weighted by molar-refractivity contribution is 5.83. The van der Waals surface area contributed by atoms with Crippen LogP contribution in [0.2, 0.25) is 0 Å². The lowest BCUT2D eigenvalue weighted by Crippen LogP contribution is -2.16. The first-order valence-electron chi connectivity index (χ1n) is 12.4. The van der Waals surface area contributed by atoms with E-state index in [9.17, 15) is 10.1 Å². The van der Waals surface area contributed by atoms with E-state index in [-0.39, 0.29) is 11.5 Å². The first kappa shape index (κ1) is 25.2. The minimum Gasteiger partial charge on any atom is -0.310 e. The Morgan fingerprint density at radius 1 is 0.846 bits per heavy atom. The molecule has 0 fully saturated rings. The van der Waals surface area contributed by atoms with Crippen LogP contribution in [-0.4, -0.2) is 16.2 Å². The number of aryl methyl sites for hydroxylation is 2. The minimum absolute atomic E-state index is 0.0434. The molecule has 7 heteroatoms. The molecule has 7 nitrogen and oxygen atoms in total. The van der Waals surface area contributed by atoms with E-state index in [0.717, 1.165) is 22.6 Å². The molecule has 0 atom stereocenters. The molecule has 0 unspecified atom stereocenters. The van der Waals surface area contributed by atoms with Gasteiger partial charge in [0.05, 0.1) is 11.9 Å². The van der Waals surface area contributed by atoms with Crippen molar-refractivity contribution in [2.45, 2.75) is 13.8 Å². The molecule has 39 heavy (non-hydrogen) atoms. The van der Waals surface area contributed by atoms with Gasteiger partial charge in [0.25, 0.3) is 5.56 Å². The van der Waals surface area contributed by atoms with E-state index in [4.69, 9.17) is 0 Å². The molecule has 190 valence electrons. The lowest BCUT2D eigenvalue weighted by atomic mass is 10.1. The SMILES string of the molecule is Cc1cccc(N(c2ccc(C=NNc3nc(-c4ccccc4)c(C#N)c(=O)[nH]3)cc2)c2cccc(C)c2)c1. The van der Waals surface area contributed by atoms with Gasteiger partial charge in [-0.3, -0.25) is 9.78 Å². The van der Waals surface area contributed by atoms with E-state index in [1.165, 1.54) is 11.1 Å². The summed E-state index contributed by atoms with van der Waals surface area (Å²) >= 11 is 0. The van der Waals surface area contributed by atoms with Crippen LogP contribution in [0.4, 0.5) is 23.0 Å². The summed E-state index contributed by atoms with van der Waals surface area (Å²) in [5.41, 5.74) is 9.59. The van der Waals surface area contributed by atoms with Crippen molar-refractivity contribution >= 4 is 29.2 Å². The van der Waals surface area contributed by atoms with Gasteiger partial charge < -0.3 is 4.90 Å². The minimum atomic E-state index is -0.527. The van der Waals surface area contributed by atoms with Crippen molar-refractivity contribution in [2.75, 3.05) is 10.3 Å². The van der Waals surface area contributed by atoms with Crippen LogP contribution >= 0.6 is 0 Å². The maximum Gasteiger partial charge on any atom is 0.270 e. The van der Waals surface area contributed by atoms with Crippen LogP contribution in [0.5, 0.6) is 0 Å². The Morgan fingerprint density at radius 3 is 2.08 bits per heavy atom. The molecular weight excluding hydrogens is 484 g/mol. The summed E-state index contributed by atoms with van der Waals surface area (Å²) in [7, 11) is 0. The number of hydrogen-bond acceptors (Lipinski definition) is 6. The van der Waals surface area contributed by atoms with E-state index in [2.05, 4.69) is 87.8 Å². The largest absolute Gasteiger partial charge is 0.310 e. The maximum atomic E-state index is 12.5. The third kappa shape index (κ3) is 5.76. The van der Waals surface area contributed by atoms with Crippen molar-refractivity contribution in [1.29, 1.82) is 5.26 Å². The lowest BCUT2D eigenvalue weighted by Gasteiger charge is -2.26. The van der Waals surface area contributed by atoms with Gasteiger partial charge >= 0.3 is 0 Å². The highest BCUT2D eigenvalue weighted by atomic mass is 16.1. The van der Waals surface area contributed by atoms with Crippen LogP contribution in [0.25, 0.3) is 11.3 Å². The molecule has 0 amide bonds. The summed E-state index contributed by atoms with van der Waals surface area (Å²) in [6, 6.07) is 35.9. The van der Waals surface area contributed by atoms with Crippen LogP contribution in [0.15, 0.2) is 113 Å². The molecule has 0 aliphatic carbocycles. The van der Waals surface area contributed by atoms with E-state index < -0.39 is 5.56 Å². The number of nitrogens with zero attached hydrogens (tertiary/aromatic N) is 4. The van der Waals surface area contributed by atoms with Crippen LogP contribution in [0, 0.1) is 25.2 Å². The number of rotatable bonds is 7. The van der Waals surface area contributed by atoms with Gasteiger partial charge in [0.15, 0.2) is 0 Å². The number of benzene rings is 4. The zero-order chi connectivity index (χ0) is 27.2. The fraction of sp³-hybridized carbons (Fsp3) is 0.0625. The molecule has 2 N–H and O–H groups in total. The molecule has 0 aliphatic heterocycles. The summed E-state index contributed by atoms with van der Waals surface area (Å²) < 4.78 is 0. The van der Waals surface area contributed by atoms with Crippen molar-refractivity contribution in [1.82, 2.24) is 9.97 Å². The fourth-order valence-corrected chi connectivity index (χ4v) is 4.29. The Bertz CT molecular complexity index is 1690. The third-order valence-electron chi connectivity index (χ3n) is 6.13. The highest BCUT2D eigenvalue weighted by Crippen LogP contribution is 2.35. The number of nitrogens with one attached hydrogen (secondary N) is 2. The van der Waals surface area contributed by atoms with Crippen molar-refractivity contribution in [3.63, 3.8) is 0 Å². The molecular formula is C32H26N6O. The van der Waals surface area contributed by atoms with Gasteiger partial charge in [0.2, 0.25) is 5.95 Å². The van der Waals surface area contributed by atoms with E-state index >= 15 is 0 Å². The zero-order valence-corrected chi connectivity index (χ0v) is 21.6. The van der Waals surface area contributed by atoms with E-state index in [0.29, 0.717) is 11.3 Å². The van der Waals surface area contributed by atoms with Gasteiger partial charge in [-0.25, -0.2) is 10.4 Å². The number of anilines is 4. The zero-order valence-electron chi connectivity index (χ0n) is 21.6. The second-order valence-corrected chi connectivity index (χ2v) is 9.09. The quantitative estimate of drug-likeness (QED) is 0.185. The molecule has 0 aliphatic rings. The van der Waals surface area contributed by atoms with E-state index in [1.807, 2.05) is 48.5 Å².